The predicted octanol–water partition coefficient (Wildman–Crippen LogP) is 1.12. The van der Waals surface area contributed by atoms with Crippen LogP contribution in [0.15, 0.2) is 0 Å². The van der Waals surface area contributed by atoms with E-state index in [1.54, 1.807) is 13.8 Å². The molecule has 0 rings (SSSR count). The molecule has 0 aliphatic carbocycles. The van der Waals surface area contributed by atoms with Crippen LogP contribution in [0.25, 0.3) is 0 Å². The number of carboxylic acids is 1. The van der Waals surface area contributed by atoms with Gasteiger partial charge in [0.1, 0.15) is 6.04 Å². The highest BCUT2D eigenvalue weighted by Gasteiger charge is 2.31. The van der Waals surface area contributed by atoms with E-state index in [9.17, 15) is 14.4 Å². The molecule has 0 saturated heterocycles. The molecule has 0 heterocycles. The Hall–Kier alpha value is -1.79. The van der Waals surface area contributed by atoms with Crippen LogP contribution < -0.4 is 0 Å². The number of hydrogen-bond donors (Lipinski definition) is 1. The van der Waals surface area contributed by atoms with Crippen LogP contribution in [0.5, 0.6) is 0 Å². The first-order chi connectivity index (χ1) is 8.88. The highest BCUT2D eigenvalue weighted by Crippen LogP contribution is 2.12. The number of nitrogens with zero attached hydrogens (tertiary/aromatic N) is 1. The second-order valence-corrected chi connectivity index (χ2v) is 3.99. The van der Waals surface area contributed by atoms with Gasteiger partial charge in [-0.3, -0.25) is 9.69 Å². The topological polar surface area (TPSA) is 93.1 Å². The minimum Gasteiger partial charge on any atom is -0.480 e. The van der Waals surface area contributed by atoms with Gasteiger partial charge in [0, 0.05) is 6.54 Å². The van der Waals surface area contributed by atoms with Gasteiger partial charge in [-0.25, -0.2) is 9.59 Å². The Labute approximate surface area is 112 Å². The number of methoxy groups -OCH3 is 1. The normalized spacial score (nSPS) is 13.3. The van der Waals surface area contributed by atoms with Crippen molar-refractivity contribution < 1.29 is 29.0 Å². The van der Waals surface area contributed by atoms with Gasteiger partial charge in [-0.1, -0.05) is 6.92 Å². The largest absolute Gasteiger partial charge is 0.480 e. The van der Waals surface area contributed by atoms with Gasteiger partial charge in [-0.2, -0.15) is 0 Å². The SMILES string of the molecule is CCOC(=O)C(CC)CN(C(=O)OC)C(C)C(=O)O. The number of esters is 1. The van der Waals surface area contributed by atoms with Crippen LogP contribution in [-0.4, -0.2) is 54.3 Å². The molecule has 0 aliphatic heterocycles. The molecule has 0 bridgehead atoms. The molecule has 0 spiro atoms. The van der Waals surface area contributed by atoms with E-state index in [2.05, 4.69) is 4.74 Å². The lowest BCUT2D eigenvalue weighted by molar-refractivity contribution is -0.150. The molecule has 0 aromatic carbocycles. The maximum atomic E-state index is 11.7. The van der Waals surface area contributed by atoms with Crippen LogP contribution in [0.4, 0.5) is 4.79 Å². The smallest absolute Gasteiger partial charge is 0.410 e. The van der Waals surface area contributed by atoms with Gasteiger partial charge in [0.2, 0.25) is 0 Å². The Balaban J connectivity index is 4.92. The van der Waals surface area contributed by atoms with E-state index in [1.807, 2.05) is 0 Å². The molecule has 110 valence electrons. The molecule has 2 atom stereocenters. The Kier molecular flexibility index (Phi) is 7.55. The zero-order valence-electron chi connectivity index (χ0n) is 11.7. The summed E-state index contributed by atoms with van der Waals surface area (Å²) in [4.78, 5) is 35.2. The van der Waals surface area contributed by atoms with Gasteiger partial charge in [0.05, 0.1) is 19.6 Å². The van der Waals surface area contributed by atoms with Crippen molar-refractivity contribution in [2.75, 3.05) is 20.3 Å². The zero-order chi connectivity index (χ0) is 15.0. The molecular weight excluding hydrogens is 254 g/mol. The van der Waals surface area contributed by atoms with Gasteiger partial charge in [-0.15, -0.1) is 0 Å². The molecule has 0 aliphatic rings. The maximum absolute atomic E-state index is 11.7. The summed E-state index contributed by atoms with van der Waals surface area (Å²) in [6.45, 7) is 5.00. The van der Waals surface area contributed by atoms with Crippen molar-refractivity contribution in [1.82, 2.24) is 4.90 Å². The standard InChI is InChI=1S/C12H21NO6/c1-5-9(11(16)19-6-2)7-13(12(17)18-4)8(3)10(14)15/h8-9H,5-7H2,1-4H3,(H,14,15). The number of carboxylic acid groups (broad SMARTS) is 1. The average Bonchev–Trinajstić information content (AvgIpc) is 2.38. The van der Waals surface area contributed by atoms with E-state index in [1.165, 1.54) is 6.92 Å². The van der Waals surface area contributed by atoms with E-state index in [0.29, 0.717) is 6.42 Å². The number of carbonyl (C=O) groups is 3. The van der Waals surface area contributed by atoms with Crippen molar-refractivity contribution in [3.8, 4) is 0 Å². The predicted molar refractivity (Wildman–Crippen MR) is 66.6 cm³/mol. The zero-order valence-corrected chi connectivity index (χ0v) is 11.7. The van der Waals surface area contributed by atoms with Crippen molar-refractivity contribution in [3.05, 3.63) is 0 Å². The van der Waals surface area contributed by atoms with E-state index in [0.717, 1.165) is 12.0 Å². The highest BCUT2D eigenvalue weighted by molar-refractivity contribution is 5.80. The molecule has 1 N–H and O–H groups in total. The van der Waals surface area contributed by atoms with Crippen molar-refractivity contribution in [2.24, 2.45) is 5.92 Å². The lowest BCUT2D eigenvalue weighted by atomic mass is 10.1. The van der Waals surface area contributed by atoms with Gasteiger partial charge in [0.25, 0.3) is 0 Å². The van der Waals surface area contributed by atoms with E-state index in [4.69, 9.17) is 9.84 Å². The van der Waals surface area contributed by atoms with E-state index in [-0.39, 0.29) is 13.2 Å². The van der Waals surface area contributed by atoms with Crippen molar-refractivity contribution in [2.45, 2.75) is 33.2 Å². The molecule has 0 aromatic rings. The molecule has 0 aromatic heterocycles. The van der Waals surface area contributed by atoms with Crippen LogP contribution in [-0.2, 0) is 19.1 Å². The summed E-state index contributed by atoms with van der Waals surface area (Å²) < 4.78 is 9.42. The Bertz CT molecular complexity index is 330. The van der Waals surface area contributed by atoms with E-state index >= 15 is 0 Å². The number of ether oxygens (including phenoxy) is 2. The summed E-state index contributed by atoms with van der Waals surface area (Å²) in [5, 5.41) is 8.96. The van der Waals surface area contributed by atoms with E-state index < -0.39 is 30.0 Å². The summed E-state index contributed by atoms with van der Waals surface area (Å²) in [5.41, 5.74) is 0. The number of carbonyl (C=O) groups excluding carboxylic acids is 2. The first-order valence-electron chi connectivity index (χ1n) is 6.12. The Morgan fingerprint density at radius 2 is 1.84 bits per heavy atom. The molecule has 7 nitrogen and oxygen atoms in total. The summed E-state index contributed by atoms with van der Waals surface area (Å²) in [5.74, 6) is -2.18. The highest BCUT2D eigenvalue weighted by atomic mass is 16.5. The minimum absolute atomic E-state index is 0.0462. The van der Waals surface area contributed by atoms with Gasteiger partial charge < -0.3 is 14.6 Å². The molecule has 0 fully saturated rings. The van der Waals surface area contributed by atoms with Crippen LogP contribution in [0.3, 0.4) is 0 Å². The molecule has 0 radical (unpaired) electrons. The van der Waals surface area contributed by atoms with Crippen LogP contribution in [0.1, 0.15) is 27.2 Å². The molecule has 2 unspecified atom stereocenters. The minimum atomic E-state index is -1.16. The van der Waals surface area contributed by atoms with Crippen LogP contribution >= 0.6 is 0 Å². The van der Waals surface area contributed by atoms with Crippen LogP contribution in [0.2, 0.25) is 0 Å². The lowest BCUT2D eigenvalue weighted by Crippen LogP contribution is -2.47. The lowest BCUT2D eigenvalue weighted by Gasteiger charge is -2.28. The summed E-state index contributed by atoms with van der Waals surface area (Å²) in [7, 11) is 1.16. The first-order valence-corrected chi connectivity index (χ1v) is 6.12. The molecule has 7 heteroatoms. The summed E-state index contributed by atoms with van der Waals surface area (Å²) in [6, 6.07) is -1.07. The van der Waals surface area contributed by atoms with Crippen LogP contribution in [0, 0.1) is 5.92 Å². The number of hydrogen-bond acceptors (Lipinski definition) is 5. The monoisotopic (exact) mass is 275 g/mol. The Morgan fingerprint density at radius 1 is 1.26 bits per heavy atom. The molecule has 19 heavy (non-hydrogen) atoms. The maximum Gasteiger partial charge on any atom is 0.410 e. The second-order valence-electron chi connectivity index (χ2n) is 3.99. The third-order valence-corrected chi connectivity index (χ3v) is 2.76. The molecule has 0 saturated carbocycles. The second kappa shape index (κ2) is 8.34. The number of amides is 1. The summed E-state index contributed by atoms with van der Waals surface area (Å²) >= 11 is 0. The third kappa shape index (κ3) is 5.15. The fourth-order valence-corrected chi connectivity index (χ4v) is 1.51. The van der Waals surface area contributed by atoms with Gasteiger partial charge in [-0.05, 0) is 20.3 Å². The van der Waals surface area contributed by atoms with Crippen molar-refractivity contribution in [3.63, 3.8) is 0 Å². The fraction of sp³-hybridized carbons (Fsp3) is 0.750. The van der Waals surface area contributed by atoms with Crippen molar-refractivity contribution >= 4 is 18.0 Å². The molecule has 1 amide bonds. The average molecular weight is 275 g/mol. The third-order valence-electron chi connectivity index (χ3n) is 2.76. The summed E-state index contributed by atoms with van der Waals surface area (Å²) in [6.07, 6.45) is -0.337. The number of rotatable bonds is 7. The van der Waals surface area contributed by atoms with Gasteiger partial charge >= 0.3 is 18.0 Å². The fourth-order valence-electron chi connectivity index (χ4n) is 1.51. The Morgan fingerprint density at radius 3 is 2.21 bits per heavy atom. The van der Waals surface area contributed by atoms with Crippen molar-refractivity contribution in [1.29, 1.82) is 0 Å². The van der Waals surface area contributed by atoms with Gasteiger partial charge in [0.15, 0.2) is 0 Å². The quantitative estimate of drug-likeness (QED) is 0.700. The number of aliphatic carboxylic acids is 1. The molecular formula is C12H21NO6. The first kappa shape index (κ1) is 17.2.